The third-order valence-corrected chi connectivity index (χ3v) is 2.97. The fourth-order valence-corrected chi connectivity index (χ4v) is 1.93. The van der Waals surface area contributed by atoms with E-state index in [0.29, 0.717) is 6.42 Å². The Kier molecular flexibility index (Phi) is 7.26. The average molecular weight is 286 g/mol. The van der Waals surface area contributed by atoms with Gasteiger partial charge in [-0.1, -0.05) is 41.4 Å². The number of hydrogen-bond donors (Lipinski definition) is 0. The van der Waals surface area contributed by atoms with Crippen LogP contribution in [-0.2, 0) is 11.2 Å². The summed E-state index contributed by atoms with van der Waals surface area (Å²) < 4.78 is 4.66. The zero-order valence-corrected chi connectivity index (χ0v) is 12.0. The summed E-state index contributed by atoms with van der Waals surface area (Å²) in [6, 6.07) is 9.52. The summed E-state index contributed by atoms with van der Waals surface area (Å²) in [6.45, 7) is 0.364. The lowest BCUT2D eigenvalue weighted by atomic mass is 10.1. The van der Waals surface area contributed by atoms with E-state index in [4.69, 9.17) is 12.0 Å². The number of amides is 1. The van der Waals surface area contributed by atoms with Crippen LogP contribution >= 0.6 is 0 Å². The number of aryl methyl sites for hydroxylation is 1. The van der Waals surface area contributed by atoms with Gasteiger partial charge in [-0.15, -0.1) is 6.42 Å². The van der Waals surface area contributed by atoms with Crippen LogP contribution in [0.5, 0.6) is 0 Å². The summed E-state index contributed by atoms with van der Waals surface area (Å²) in [5.74, 6) is 2.39. The molecule has 0 aromatic heterocycles. The average Bonchev–Trinajstić information content (AvgIpc) is 2.52. The quantitative estimate of drug-likeness (QED) is 0.334. The van der Waals surface area contributed by atoms with Crippen molar-refractivity contribution >= 4 is 6.09 Å². The Bertz CT molecular complexity index is 532. The van der Waals surface area contributed by atoms with Crippen LogP contribution in [-0.4, -0.2) is 37.2 Å². The Morgan fingerprint density at radius 1 is 1.52 bits per heavy atom. The lowest BCUT2D eigenvalue weighted by molar-refractivity contribution is 0.126. The van der Waals surface area contributed by atoms with Crippen molar-refractivity contribution in [1.29, 1.82) is 0 Å². The van der Waals surface area contributed by atoms with Crippen molar-refractivity contribution in [3.8, 4) is 12.3 Å². The van der Waals surface area contributed by atoms with Crippen LogP contribution in [0.2, 0.25) is 0 Å². The minimum atomic E-state index is -0.522. The van der Waals surface area contributed by atoms with E-state index in [2.05, 4.69) is 20.7 Å². The minimum Gasteiger partial charge on any atom is -0.453 e. The second kappa shape index (κ2) is 9.29. The fourth-order valence-electron chi connectivity index (χ4n) is 1.93. The molecule has 0 N–H and O–H groups in total. The lowest BCUT2D eigenvalue weighted by Crippen LogP contribution is -2.37. The Balaban J connectivity index is 2.65. The van der Waals surface area contributed by atoms with Crippen molar-refractivity contribution in [2.75, 3.05) is 20.2 Å². The molecule has 1 amide bonds. The molecule has 6 heteroatoms. The van der Waals surface area contributed by atoms with E-state index in [1.165, 1.54) is 12.0 Å². The highest BCUT2D eigenvalue weighted by atomic mass is 16.5. The topological polar surface area (TPSA) is 78.3 Å². The van der Waals surface area contributed by atoms with E-state index in [1.54, 1.807) is 0 Å². The van der Waals surface area contributed by atoms with Gasteiger partial charge in [0.2, 0.25) is 0 Å². The number of carbonyl (C=O) groups excluding carboxylic acids is 1. The molecule has 0 spiro atoms. The summed E-state index contributed by atoms with van der Waals surface area (Å²) >= 11 is 0. The smallest absolute Gasteiger partial charge is 0.410 e. The first kappa shape index (κ1) is 16.4. The van der Waals surface area contributed by atoms with E-state index in [0.717, 1.165) is 12.0 Å². The van der Waals surface area contributed by atoms with Gasteiger partial charge in [-0.3, -0.25) is 4.90 Å². The van der Waals surface area contributed by atoms with Gasteiger partial charge in [0, 0.05) is 11.5 Å². The van der Waals surface area contributed by atoms with Gasteiger partial charge < -0.3 is 4.74 Å². The lowest BCUT2D eigenvalue weighted by Gasteiger charge is -2.22. The Hall–Kier alpha value is -2.64. The van der Waals surface area contributed by atoms with Crippen LogP contribution in [0, 0.1) is 12.3 Å². The van der Waals surface area contributed by atoms with Gasteiger partial charge in [-0.25, -0.2) is 4.79 Å². The first-order valence-corrected chi connectivity index (χ1v) is 6.55. The van der Waals surface area contributed by atoms with Crippen molar-refractivity contribution in [3.63, 3.8) is 0 Å². The summed E-state index contributed by atoms with van der Waals surface area (Å²) in [5.41, 5.74) is 9.81. The highest BCUT2D eigenvalue weighted by Crippen LogP contribution is 2.10. The number of terminal acetylenes is 1. The van der Waals surface area contributed by atoms with Gasteiger partial charge in [0.25, 0.3) is 0 Å². The Labute approximate surface area is 124 Å². The highest BCUT2D eigenvalue weighted by molar-refractivity contribution is 5.67. The molecule has 0 heterocycles. The molecule has 0 saturated heterocycles. The molecule has 110 valence electrons. The van der Waals surface area contributed by atoms with Crippen LogP contribution in [0.1, 0.15) is 12.0 Å². The number of benzene rings is 1. The molecule has 21 heavy (non-hydrogen) atoms. The van der Waals surface area contributed by atoms with Gasteiger partial charge >= 0.3 is 6.09 Å². The van der Waals surface area contributed by atoms with Crippen LogP contribution in [0.3, 0.4) is 0 Å². The summed E-state index contributed by atoms with van der Waals surface area (Å²) in [6.07, 6.45) is 6.10. The second-order valence-corrected chi connectivity index (χ2v) is 4.44. The summed E-state index contributed by atoms with van der Waals surface area (Å²) in [4.78, 5) is 15.8. The van der Waals surface area contributed by atoms with E-state index in [9.17, 15) is 4.79 Å². The molecule has 1 aromatic carbocycles. The van der Waals surface area contributed by atoms with Crippen LogP contribution in [0.4, 0.5) is 4.79 Å². The third-order valence-electron chi connectivity index (χ3n) is 2.97. The monoisotopic (exact) mass is 286 g/mol. The number of rotatable bonds is 7. The Morgan fingerprint density at radius 3 is 2.81 bits per heavy atom. The predicted molar refractivity (Wildman–Crippen MR) is 80.5 cm³/mol. The molecule has 1 unspecified atom stereocenters. The number of azide groups is 1. The third kappa shape index (κ3) is 5.89. The molecule has 0 aliphatic carbocycles. The molecule has 0 radical (unpaired) electrons. The van der Waals surface area contributed by atoms with Crippen molar-refractivity contribution in [3.05, 3.63) is 46.3 Å². The summed E-state index contributed by atoms with van der Waals surface area (Å²) in [7, 11) is 1.29. The first-order chi connectivity index (χ1) is 10.2. The fraction of sp³-hybridized carbons (Fsp3) is 0.400. The van der Waals surface area contributed by atoms with Gasteiger partial charge in [0.15, 0.2) is 0 Å². The van der Waals surface area contributed by atoms with E-state index in [1.807, 2.05) is 30.3 Å². The number of ether oxygens (including phenoxy) is 1. The van der Waals surface area contributed by atoms with E-state index < -0.39 is 6.09 Å². The molecule has 1 atom stereocenters. The van der Waals surface area contributed by atoms with Gasteiger partial charge in [-0.05, 0) is 23.9 Å². The van der Waals surface area contributed by atoms with Crippen LogP contribution in [0.15, 0.2) is 35.4 Å². The molecule has 0 bridgehead atoms. The molecular weight excluding hydrogens is 268 g/mol. The van der Waals surface area contributed by atoms with E-state index in [-0.39, 0.29) is 19.1 Å². The van der Waals surface area contributed by atoms with Crippen molar-refractivity contribution in [1.82, 2.24) is 4.90 Å². The molecule has 1 aromatic rings. The van der Waals surface area contributed by atoms with Crippen molar-refractivity contribution in [2.24, 2.45) is 5.11 Å². The number of methoxy groups -OCH3 is 1. The summed E-state index contributed by atoms with van der Waals surface area (Å²) in [5, 5.41) is 3.74. The molecule has 0 aliphatic heterocycles. The van der Waals surface area contributed by atoms with Gasteiger partial charge in [-0.2, -0.15) is 0 Å². The second-order valence-electron chi connectivity index (χ2n) is 4.44. The van der Waals surface area contributed by atoms with Gasteiger partial charge in [0.1, 0.15) is 0 Å². The molecule has 1 rings (SSSR count). The van der Waals surface area contributed by atoms with Crippen LogP contribution in [0.25, 0.3) is 10.4 Å². The number of nitrogens with zero attached hydrogens (tertiary/aromatic N) is 4. The van der Waals surface area contributed by atoms with Crippen LogP contribution < -0.4 is 0 Å². The normalized spacial score (nSPS) is 10.9. The number of carbonyl (C=O) groups is 1. The van der Waals surface area contributed by atoms with Crippen molar-refractivity contribution < 1.29 is 9.53 Å². The maximum absolute atomic E-state index is 11.6. The minimum absolute atomic E-state index is 0.120. The number of hydrogen-bond acceptors (Lipinski definition) is 3. The zero-order chi connectivity index (χ0) is 15.5. The Morgan fingerprint density at radius 2 is 2.24 bits per heavy atom. The highest BCUT2D eigenvalue weighted by Gasteiger charge is 2.18. The zero-order valence-electron chi connectivity index (χ0n) is 12.0. The maximum atomic E-state index is 11.6. The van der Waals surface area contributed by atoms with Crippen molar-refractivity contribution in [2.45, 2.75) is 18.9 Å². The maximum Gasteiger partial charge on any atom is 0.410 e. The largest absolute Gasteiger partial charge is 0.453 e. The first-order valence-electron chi connectivity index (χ1n) is 6.55. The molecule has 0 fully saturated rings. The van der Waals surface area contributed by atoms with Gasteiger partial charge in [0.05, 0.1) is 19.7 Å². The van der Waals surface area contributed by atoms with E-state index >= 15 is 0 Å². The standard InChI is InChI=1S/C15H18N4O2/c1-3-11-19(15(20)21-2)12-14(17-18-16)10-9-13-7-5-4-6-8-13/h1,4-8,14H,9-12H2,2H3. The molecule has 0 saturated carbocycles. The SMILES string of the molecule is C#CCN(CC(CCc1ccccc1)N=[N+]=[N-])C(=O)OC. The molecular formula is C15H18N4O2. The molecule has 0 aliphatic rings. The predicted octanol–water partition coefficient (Wildman–Crippen LogP) is 3.00. The molecule has 6 nitrogen and oxygen atoms in total.